The zero-order chi connectivity index (χ0) is 15.2. The van der Waals surface area contributed by atoms with Gasteiger partial charge in [-0.1, -0.05) is 15.9 Å². The number of benzene rings is 1. The fraction of sp³-hybridized carbons (Fsp3) is 0.429. The lowest BCUT2D eigenvalue weighted by atomic mass is 10.2. The summed E-state index contributed by atoms with van der Waals surface area (Å²) in [6, 6.07) is 4.90. The molecule has 0 atom stereocenters. The van der Waals surface area contributed by atoms with Gasteiger partial charge in [0.2, 0.25) is 0 Å². The molecule has 0 aromatic heterocycles. The molecule has 0 aliphatic heterocycles. The number of carbonyl (C=O) groups is 2. The first-order valence-electron chi connectivity index (χ1n) is 6.87. The first-order chi connectivity index (χ1) is 10.1. The van der Waals surface area contributed by atoms with E-state index < -0.39 is 12.0 Å². The molecule has 2 rings (SSSR count). The number of carboxylic acids is 1. The van der Waals surface area contributed by atoms with Crippen molar-refractivity contribution in [3.8, 4) is 0 Å². The van der Waals surface area contributed by atoms with Crippen LogP contribution in [0.3, 0.4) is 0 Å². The summed E-state index contributed by atoms with van der Waals surface area (Å²) in [5, 5.41) is 17.7. The number of hydrogen-bond acceptors (Lipinski definition) is 3. The van der Waals surface area contributed by atoms with Crippen molar-refractivity contribution in [3.63, 3.8) is 0 Å². The number of urea groups is 1. The molecule has 0 heterocycles. The van der Waals surface area contributed by atoms with E-state index in [0.29, 0.717) is 17.1 Å². The third-order valence-corrected chi connectivity index (χ3v) is 3.60. The maximum absolute atomic E-state index is 11.8. The van der Waals surface area contributed by atoms with Crippen LogP contribution in [0.1, 0.15) is 29.6 Å². The van der Waals surface area contributed by atoms with Crippen molar-refractivity contribution in [2.24, 2.45) is 0 Å². The van der Waals surface area contributed by atoms with E-state index >= 15 is 0 Å². The number of carboxylic acid groups (broad SMARTS) is 1. The van der Waals surface area contributed by atoms with Gasteiger partial charge in [-0.25, -0.2) is 9.59 Å². The summed E-state index contributed by atoms with van der Waals surface area (Å²) in [4.78, 5) is 22.8. The van der Waals surface area contributed by atoms with Crippen LogP contribution < -0.4 is 16.0 Å². The van der Waals surface area contributed by atoms with Crippen LogP contribution in [0.5, 0.6) is 0 Å². The molecule has 0 saturated heterocycles. The number of amides is 2. The number of rotatable bonds is 7. The van der Waals surface area contributed by atoms with E-state index in [-0.39, 0.29) is 11.3 Å². The smallest absolute Gasteiger partial charge is 0.337 e. The molecule has 0 radical (unpaired) electrons. The largest absolute Gasteiger partial charge is 0.478 e. The van der Waals surface area contributed by atoms with Gasteiger partial charge in [0.15, 0.2) is 0 Å². The molecule has 1 aromatic carbocycles. The third-order valence-electron chi connectivity index (χ3n) is 3.11. The molecule has 1 aromatic rings. The molecule has 0 unspecified atom stereocenters. The van der Waals surface area contributed by atoms with Gasteiger partial charge < -0.3 is 21.1 Å². The maximum Gasteiger partial charge on any atom is 0.337 e. The van der Waals surface area contributed by atoms with E-state index in [9.17, 15) is 9.59 Å². The summed E-state index contributed by atoms with van der Waals surface area (Å²) in [6.07, 6.45) is 3.33. The van der Waals surface area contributed by atoms with Crippen molar-refractivity contribution in [2.75, 3.05) is 18.4 Å². The fourth-order valence-electron chi connectivity index (χ4n) is 1.86. The standard InChI is InChI=1S/C14H18BrN3O3/c15-9-2-5-11(13(19)20)12(8-9)18-14(21)17-7-1-6-16-10-3-4-10/h2,5,8,10,16H,1,3-4,6-7H2,(H,19,20)(H2,17,18,21). The highest BCUT2D eigenvalue weighted by atomic mass is 79.9. The van der Waals surface area contributed by atoms with Gasteiger partial charge in [0.1, 0.15) is 0 Å². The minimum atomic E-state index is -1.08. The highest BCUT2D eigenvalue weighted by Gasteiger charge is 2.19. The normalized spacial score (nSPS) is 13.8. The molecule has 114 valence electrons. The highest BCUT2D eigenvalue weighted by molar-refractivity contribution is 9.10. The van der Waals surface area contributed by atoms with E-state index in [0.717, 1.165) is 13.0 Å². The van der Waals surface area contributed by atoms with Gasteiger partial charge in [0.25, 0.3) is 0 Å². The molecule has 0 spiro atoms. The number of aromatic carboxylic acids is 1. The number of anilines is 1. The van der Waals surface area contributed by atoms with Crippen molar-refractivity contribution < 1.29 is 14.7 Å². The van der Waals surface area contributed by atoms with E-state index in [4.69, 9.17) is 5.11 Å². The Morgan fingerprint density at radius 3 is 2.71 bits per heavy atom. The van der Waals surface area contributed by atoms with Gasteiger partial charge in [0, 0.05) is 17.1 Å². The first-order valence-corrected chi connectivity index (χ1v) is 7.66. The highest BCUT2D eigenvalue weighted by Crippen LogP contribution is 2.21. The molecule has 0 bridgehead atoms. The predicted octanol–water partition coefficient (Wildman–Crippen LogP) is 2.41. The second-order valence-electron chi connectivity index (χ2n) is 4.96. The molecule has 4 N–H and O–H groups in total. The number of hydrogen-bond donors (Lipinski definition) is 4. The molecule has 2 amide bonds. The SMILES string of the molecule is O=C(NCCCNC1CC1)Nc1cc(Br)ccc1C(=O)O. The van der Waals surface area contributed by atoms with Crippen LogP contribution in [-0.4, -0.2) is 36.2 Å². The van der Waals surface area contributed by atoms with Crippen LogP contribution in [0.25, 0.3) is 0 Å². The molecule has 1 fully saturated rings. The van der Waals surface area contributed by atoms with Gasteiger partial charge in [-0.2, -0.15) is 0 Å². The lowest BCUT2D eigenvalue weighted by molar-refractivity contribution is 0.0698. The molecule has 1 saturated carbocycles. The van der Waals surface area contributed by atoms with Crippen molar-refractivity contribution >= 4 is 33.6 Å². The summed E-state index contributed by atoms with van der Waals surface area (Å²) < 4.78 is 0.705. The van der Waals surface area contributed by atoms with Crippen molar-refractivity contribution in [2.45, 2.75) is 25.3 Å². The minimum absolute atomic E-state index is 0.0590. The van der Waals surface area contributed by atoms with Crippen LogP contribution in [0.2, 0.25) is 0 Å². The third kappa shape index (κ3) is 5.35. The van der Waals surface area contributed by atoms with E-state index in [1.807, 2.05) is 0 Å². The lowest BCUT2D eigenvalue weighted by Crippen LogP contribution is -2.32. The molecular weight excluding hydrogens is 338 g/mol. The molecule has 6 nitrogen and oxygen atoms in total. The molecular formula is C14H18BrN3O3. The monoisotopic (exact) mass is 355 g/mol. The van der Waals surface area contributed by atoms with Gasteiger partial charge in [-0.3, -0.25) is 0 Å². The van der Waals surface area contributed by atoms with E-state index in [1.54, 1.807) is 12.1 Å². The van der Waals surface area contributed by atoms with Gasteiger partial charge in [0.05, 0.1) is 11.3 Å². The number of nitrogens with one attached hydrogen (secondary N) is 3. The Balaban J connectivity index is 1.78. The summed E-state index contributed by atoms with van der Waals surface area (Å²) >= 11 is 3.26. The summed E-state index contributed by atoms with van der Waals surface area (Å²) in [5.74, 6) is -1.08. The van der Waals surface area contributed by atoms with Crippen molar-refractivity contribution in [1.82, 2.24) is 10.6 Å². The average Bonchev–Trinajstić information content (AvgIpc) is 3.22. The summed E-state index contributed by atoms with van der Waals surface area (Å²) in [7, 11) is 0. The van der Waals surface area contributed by atoms with Crippen LogP contribution in [0.4, 0.5) is 10.5 Å². The van der Waals surface area contributed by atoms with Gasteiger partial charge in [-0.15, -0.1) is 0 Å². The van der Waals surface area contributed by atoms with Crippen LogP contribution >= 0.6 is 15.9 Å². The van der Waals surface area contributed by atoms with Crippen LogP contribution in [-0.2, 0) is 0 Å². The number of halogens is 1. The Hall–Kier alpha value is -1.60. The zero-order valence-corrected chi connectivity index (χ0v) is 13.1. The van der Waals surface area contributed by atoms with Crippen LogP contribution in [0, 0.1) is 0 Å². The Labute approximate surface area is 131 Å². The lowest BCUT2D eigenvalue weighted by Gasteiger charge is -2.10. The quantitative estimate of drug-likeness (QED) is 0.565. The van der Waals surface area contributed by atoms with E-state index in [1.165, 1.54) is 18.9 Å². The van der Waals surface area contributed by atoms with Crippen LogP contribution in [0.15, 0.2) is 22.7 Å². The molecule has 21 heavy (non-hydrogen) atoms. The topological polar surface area (TPSA) is 90.5 Å². The second kappa shape index (κ2) is 7.42. The Kier molecular flexibility index (Phi) is 5.58. The summed E-state index contributed by atoms with van der Waals surface area (Å²) in [6.45, 7) is 1.42. The van der Waals surface area contributed by atoms with E-state index in [2.05, 4.69) is 31.9 Å². The molecule has 1 aliphatic rings. The van der Waals surface area contributed by atoms with Gasteiger partial charge >= 0.3 is 12.0 Å². The second-order valence-corrected chi connectivity index (χ2v) is 5.87. The zero-order valence-electron chi connectivity index (χ0n) is 11.5. The molecule has 1 aliphatic carbocycles. The van der Waals surface area contributed by atoms with Crippen molar-refractivity contribution in [3.05, 3.63) is 28.2 Å². The Morgan fingerprint density at radius 1 is 1.29 bits per heavy atom. The molecule has 7 heteroatoms. The fourth-order valence-corrected chi connectivity index (χ4v) is 2.22. The Bertz CT molecular complexity index is 532. The predicted molar refractivity (Wildman–Crippen MR) is 83.8 cm³/mol. The van der Waals surface area contributed by atoms with Crippen molar-refractivity contribution in [1.29, 1.82) is 0 Å². The minimum Gasteiger partial charge on any atom is -0.478 e. The Morgan fingerprint density at radius 2 is 2.05 bits per heavy atom. The van der Waals surface area contributed by atoms with Gasteiger partial charge in [-0.05, 0) is 44.0 Å². The number of carbonyl (C=O) groups excluding carboxylic acids is 1. The first kappa shape index (κ1) is 15.8. The summed E-state index contributed by atoms with van der Waals surface area (Å²) in [5.41, 5.74) is 0.328. The average molecular weight is 356 g/mol. The maximum atomic E-state index is 11.8.